The Balaban J connectivity index is 2.72. The van der Waals surface area contributed by atoms with Gasteiger partial charge in [0.2, 0.25) is 0 Å². The lowest BCUT2D eigenvalue weighted by molar-refractivity contribution is -0.0102. The second-order valence-electron chi connectivity index (χ2n) is 5.22. The Labute approximate surface area is 110 Å². The van der Waals surface area contributed by atoms with Gasteiger partial charge in [0.15, 0.2) is 0 Å². The lowest BCUT2D eigenvalue weighted by Gasteiger charge is -2.42. The van der Waals surface area contributed by atoms with Crippen molar-refractivity contribution in [1.82, 2.24) is 13.9 Å². The van der Waals surface area contributed by atoms with Gasteiger partial charge in [0.05, 0.1) is 18.8 Å². The molecule has 1 aliphatic heterocycles. The Morgan fingerprint density at radius 3 is 2.67 bits per heavy atom. The summed E-state index contributed by atoms with van der Waals surface area (Å²) in [6.07, 6.45) is 0.803. The largest absolute Gasteiger partial charge is 0.378 e. The van der Waals surface area contributed by atoms with Gasteiger partial charge in [0.1, 0.15) is 0 Å². The SMILES string of the molecule is CNCCCN(C)S(=O)(=O)N1CCOCC1(C)C. The van der Waals surface area contributed by atoms with Gasteiger partial charge in [0, 0.05) is 20.1 Å². The fourth-order valence-corrected chi connectivity index (χ4v) is 3.71. The molecule has 1 saturated heterocycles. The minimum atomic E-state index is -3.39. The molecule has 0 aromatic carbocycles. The van der Waals surface area contributed by atoms with E-state index < -0.39 is 15.7 Å². The van der Waals surface area contributed by atoms with Crippen molar-refractivity contribution in [2.45, 2.75) is 25.8 Å². The molecular weight excluding hydrogens is 254 g/mol. The lowest BCUT2D eigenvalue weighted by Crippen LogP contribution is -2.58. The molecule has 1 N–H and O–H groups in total. The van der Waals surface area contributed by atoms with Crippen LogP contribution in [0.5, 0.6) is 0 Å². The molecule has 1 heterocycles. The van der Waals surface area contributed by atoms with E-state index >= 15 is 0 Å². The van der Waals surface area contributed by atoms with Crippen LogP contribution < -0.4 is 5.32 Å². The first-order valence-corrected chi connectivity index (χ1v) is 7.68. The van der Waals surface area contributed by atoms with Crippen LogP contribution in [0.1, 0.15) is 20.3 Å². The highest BCUT2D eigenvalue weighted by Crippen LogP contribution is 2.24. The molecule has 0 spiro atoms. The topological polar surface area (TPSA) is 61.9 Å². The van der Waals surface area contributed by atoms with Gasteiger partial charge in [-0.15, -0.1) is 0 Å². The molecule has 18 heavy (non-hydrogen) atoms. The Morgan fingerprint density at radius 2 is 2.11 bits per heavy atom. The summed E-state index contributed by atoms with van der Waals surface area (Å²) in [5, 5.41) is 3.02. The maximum atomic E-state index is 12.5. The summed E-state index contributed by atoms with van der Waals surface area (Å²) in [5.41, 5.74) is -0.478. The molecule has 0 radical (unpaired) electrons. The summed E-state index contributed by atoms with van der Waals surface area (Å²) >= 11 is 0. The van der Waals surface area contributed by atoms with Crippen molar-refractivity contribution < 1.29 is 13.2 Å². The van der Waals surface area contributed by atoms with Crippen molar-refractivity contribution in [2.75, 3.05) is 46.9 Å². The minimum absolute atomic E-state index is 0.422. The van der Waals surface area contributed by atoms with Gasteiger partial charge in [-0.25, -0.2) is 0 Å². The molecule has 0 aliphatic carbocycles. The van der Waals surface area contributed by atoms with Crippen LogP contribution in [0, 0.1) is 0 Å². The molecule has 0 bridgehead atoms. The molecule has 6 nitrogen and oxygen atoms in total. The van der Waals surface area contributed by atoms with Crippen molar-refractivity contribution >= 4 is 10.2 Å². The van der Waals surface area contributed by atoms with Crippen molar-refractivity contribution in [3.05, 3.63) is 0 Å². The summed E-state index contributed by atoms with van der Waals surface area (Å²) in [6.45, 7) is 6.45. The van der Waals surface area contributed by atoms with Gasteiger partial charge >= 0.3 is 0 Å². The molecule has 0 aromatic rings. The van der Waals surface area contributed by atoms with E-state index in [9.17, 15) is 8.42 Å². The third-order valence-electron chi connectivity index (χ3n) is 3.14. The molecule has 1 fully saturated rings. The molecule has 1 rings (SSSR count). The summed E-state index contributed by atoms with van der Waals surface area (Å²) in [5.74, 6) is 0. The van der Waals surface area contributed by atoms with Crippen LogP contribution in [0.2, 0.25) is 0 Å². The van der Waals surface area contributed by atoms with E-state index in [1.54, 1.807) is 11.4 Å². The first kappa shape index (κ1) is 15.8. The van der Waals surface area contributed by atoms with Gasteiger partial charge in [-0.2, -0.15) is 17.0 Å². The van der Waals surface area contributed by atoms with Gasteiger partial charge in [0.25, 0.3) is 10.2 Å². The van der Waals surface area contributed by atoms with Gasteiger partial charge in [-0.05, 0) is 33.9 Å². The highest BCUT2D eigenvalue weighted by atomic mass is 32.2. The normalized spacial score (nSPS) is 21.4. The van der Waals surface area contributed by atoms with E-state index in [4.69, 9.17) is 4.74 Å². The predicted molar refractivity (Wildman–Crippen MR) is 71.7 cm³/mol. The number of nitrogens with one attached hydrogen (secondary N) is 1. The van der Waals surface area contributed by atoms with Crippen LogP contribution in [0.4, 0.5) is 0 Å². The quantitative estimate of drug-likeness (QED) is 0.689. The number of ether oxygens (including phenoxy) is 1. The van der Waals surface area contributed by atoms with E-state index in [0.29, 0.717) is 26.3 Å². The molecular formula is C11H25N3O3S. The van der Waals surface area contributed by atoms with Crippen LogP contribution in [-0.2, 0) is 14.9 Å². The Kier molecular flexibility index (Phi) is 5.54. The van der Waals surface area contributed by atoms with E-state index in [0.717, 1.165) is 13.0 Å². The average molecular weight is 279 g/mol. The molecule has 7 heteroatoms. The van der Waals surface area contributed by atoms with Crippen molar-refractivity contribution in [3.8, 4) is 0 Å². The Hall–Kier alpha value is -0.210. The third kappa shape index (κ3) is 3.64. The van der Waals surface area contributed by atoms with Gasteiger partial charge in [-0.3, -0.25) is 0 Å². The van der Waals surface area contributed by atoms with Crippen LogP contribution >= 0.6 is 0 Å². The summed E-state index contributed by atoms with van der Waals surface area (Å²) < 4.78 is 33.3. The molecule has 0 amide bonds. The van der Waals surface area contributed by atoms with Crippen molar-refractivity contribution in [2.24, 2.45) is 0 Å². The molecule has 0 atom stereocenters. The monoisotopic (exact) mass is 279 g/mol. The summed E-state index contributed by atoms with van der Waals surface area (Å²) in [6, 6.07) is 0. The number of hydrogen-bond donors (Lipinski definition) is 1. The second kappa shape index (κ2) is 6.29. The third-order valence-corrected chi connectivity index (χ3v) is 5.35. The lowest BCUT2D eigenvalue weighted by atomic mass is 10.1. The summed E-state index contributed by atoms with van der Waals surface area (Å²) in [4.78, 5) is 0. The van der Waals surface area contributed by atoms with Crippen LogP contribution in [0.3, 0.4) is 0 Å². The number of morpholine rings is 1. The maximum absolute atomic E-state index is 12.5. The minimum Gasteiger partial charge on any atom is -0.378 e. The number of rotatable bonds is 6. The molecule has 0 unspecified atom stereocenters. The summed E-state index contributed by atoms with van der Waals surface area (Å²) in [7, 11) is 0.105. The van der Waals surface area contributed by atoms with Gasteiger partial charge < -0.3 is 10.1 Å². The fourth-order valence-electron chi connectivity index (χ4n) is 2.03. The van der Waals surface area contributed by atoms with Crippen molar-refractivity contribution in [3.63, 3.8) is 0 Å². The zero-order valence-electron chi connectivity index (χ0n) is 11.8. The van der Waals surface area contributed by atoms with Crippen LogP contribution in [-0.4, -0.2) is 69.5 Å². The maximum Gasteiger partial charge on any atom is 0.282 e. The second-order valence-corrected chi connectivity index (χ2v) is 7.18. The molecule has 1 aliphatic rings. The van der Waals surface area contributed by atoms with E-state index in [1.807, 2.05) is 20.9 Å². The van der Waals surface area contributed by atoms with Crippen LogP contribution in [0.15, 0.2) is 0 Å². The fraction of sp³-hybridized carbons (Fsp3) is 1.00. The highest BCUT2D eigenvalue weighted by Gasteiger charge is 2.40. The number of nitrogens with zero attached hydrogens (tertiary/aromatic N) is 2. The van der Waals surface area contributed by atoms with E-state index in [-0.39, 0.29) is 0 Å². The Morgan fingerprint density at radius 1 is 1.44 bits per heavy atom. The van der Waals surface area contributed by atoms with E-state index in [1.165, 1.54) is 4.31 Å². The highest BCUT2D eigenvalue weighted by molar-refractivity contribution is 7.86. The smallest absolute Gasteiger partial charge is 0.282 e. The standard InChI is InChI=1S/C11H25N3O3S/c1-11(2)10-17-9-8-14(11)18(15,16)13(4)7-5-6-12-3/h12H,5-10H2,1-4H3. The zero-order chi connectivity index (χ0) is 13.8. The Bertz CT molecular complexity index is 357. The molecule has 0 aromatic heterocycles. The molecule has 0 saturated carbocycles. The molecule has 108 valence electrons. The first-order chi connectivity index (χ1) is 8.32. The van der Waals surface area contributed by atoms with Gasteiger partial charge in [-0.1, -0.05) is 0 Å². The zero-order valence-corrected chi connectivity index (χ0v) is 12.6. The predicted octanol–water partition coefficient (Wildman–Crippen LogP) is -0.117. The van der Waals surface area contributed by atoms with E-state index in [2.05, 4.69) is 5.32 Å². The number of hydrogen-bond acceptors (Lipinski definition) is 4. The first-order valence-electron chi connectivity index (χ1n) is 6.29. The van der Waals surface area contributed by atoms with Crippen LogP contribution in [0.25, 0.3) is 0 Å². The average Bonchev–Trinajstić information content (AvgIpc) is 2.28. The van der Waals surface area contributed by atoms with Crippen molar-refractivity contribution in [1.29, 1.82) is 0 Å².